The number of oxazole rings is 1. The molecule has 9 nitrogen and oxygen atoms in total. The molecule has 2 aromatic heterocycles. The van der Waals surface area contributed by atoms with Gasteiger partial charge in [-0.3, -0.25) is 14.2 Å². The predicted octanol–water partition coefficient (Wildman–Crippen LogP) is 4.80. The number of benzene rings is 3. The molecule has 1 atom stereocenters. The summed E-state index contributed by atoms with van der Waals surface area (Å²) in [5.74, 6) is -0.248. The van der Waals surface area contributed by atoms with Gasteiger partial charge in [-0.05, 0) is 53.4 Å². The average Bonchev–Trinajstić information content (AvgIpc) is 3.39. The van der Waals surface area contributed by atoms with E-state index in [-0.39, 0.29) is 17.5 Å². The van der Waals surface area contributed by atoms with Gasteiger partial charge in [0.25, 0.3) is 17.4 Å². The Labute approximate surface area is 234 Å². The average molecular weight is 556 g/mol. The van der Waals surface area contributed by atoms with Crippen LogP contribution in [-0.4, -0.2) is 51.1 Å². The second-order valence-electron chi connectivity index (χ2n) is 9.94. The van der Waals surface area contributed by atoms with Crippen LogP contribution in [0.1, 0.15) is 33.1 Å². The van der Waals surface area contributed by atoms with Gasteiger partial charge in [0, 0.05) is 38.3 Å². The van der Waals surface area contributed by atoms with Crippen LogP contribution in [0.15, 0.2) is 75.9 Å². The van der Waals surface area contributed by atoms with Gasteiger partial charge in [-0.2, -0.15) is 0 Å². The minimum atomic E-state index is -0.627. The van der Waals surface area contributed by atoms with Crippen molar-refractivity contribution >= 4 is 34.6 Å². The molecule has 0 saturated carbocycles. The van der Waals surface area contributed by atoms with E-state index in [1.54, 1.807) is 38.2 Å². The normalized spacial score (nSPS) is 14.8. The summed E-state index contributed by atoms with van der Waals surface area (Å²) in [5.41, 5.74) is 3.82. The monoisotopic (exact) mass is 555 g/mol. The maximum absolute atomic E-state index is 13.3. The van der Waals surface area contributed by atoms with Crippen molar-refractivity contribution in [1.29, 1.82) is 0 Å². The highest BCUT2D eigenvalue weighted by molar-refractivity contribution is 6.31. The Morgan fingerprint density at radius 1 is 1.05 bits per heavy atom. The molecule has 1 N–H and O–H groups in total. The number of carbonyl (C=O) groups excluding carboxylic acids is 1. The molecule has 0 radical (unpaired) electrons. The first-order valence-electron chi connectivity index (χ1n) is 12.8. The van der Waals surface area contributed by atoms with Crippen LogP contribution < -0.4 is 10.5 Å². The molecule has 0 aliphatic carbocycles. The van der Waals surface area contributed by atoms with Crippen LogP contribution in [0.4, 0.5) is 5.95 Å². The molecule has 1 unspecified atom stereocenters. The van der Waals surface area contributed by atoms with Crippen LogP contribution in [0.25, 0.3) is 22.7 Å². The molecular weight excluding hydrogens is 530 g/mol. The first-order chi connectivity index (χ1) is 19.2. The molecular formula is C30H26ClN5O4. The van der Waals surface area contributed by atoms with E-state index < -0.39 is 17.4 Å². The van der Waals surface area contributed by atoms with Crippen LogP contribution in [0.3, 0.4) is 0 Å². The molecule has 3 heterocycles. The molecule has 0 fully saturated rings. The number of aromatic hydroxyl groups is 1. The minimum Gasteiger partial charge on any atom is -0.501 e. The maximum atomic E-state index is 13.3. The summed E-state index contributed by atoms with van der Waals surface area (Å²) < 4.78 is 7.18. The topological polar surface area (TPSA) is 105 Å². The van der Waals surface area contributed by atoms with Crippen LogP contribution in [0.5, 0.6) is 5.75 Å². The van der Waals surface area contributed by atoms with Gasteiger partial charge in [-0.15, -0.1) is 0 Å². The third-order valence-corrected chi connectivity index (χ3v) is 7.57. The SMILES string of the molecule is CN(C)C(=O)c1ccc2c(c1)CCN(c1nc(-c3nc4ccccc4o3)c(O)c(=O)n1C)C2c1ccccc1Cl. The summed E-state index contributed by atoms with van der Waals surface area (Å²) >= 11 is 6.73. The quantitative estimate of drug-likeness (QED) is 0.339. The number of para-hydroxylation sites is 2. The second kappa shape index (κ2) is 9.84. The molecule has 1 aliphatic rings. The van der Waals surface area contributed by atoms with Gasteiger partial charge in [0.2, 0.25) is 11.7 Å². The third-order valence-electron chi connectivity index (χ3n) is 7.22. The Morgan fingerprint density at radius 2 is 1.80 bits per heavy atom. The molecule has 6 rings (SSSR count). The van der Waals surface area contributed by atoms with Gasteiger partial charge in [0.15, 0.2) is 11.3 Å². The smallest absolute Gasteiger partial charge is 0.297 e. The molecule has 1 amide bonds. The fourth-order valence-corrected chi connectivity index (χ4v) is 5.46. The number of rotatable bonds is 4. The first kappa shape index (κ1) is 25.6. The van der Waals surface area contributed by atoms with Gasteiger partial charge < -0.3 is 19.3 Å². The zero-order valence-electron chi connectivity index (χ0n) is 22.1. The predicted molar refractivity (Wildman–Crippen MR) is 153 cm³/mol. The molecule has 10 heteroatoms. The summed E-state index contributed by atoms with van der Waals surface area (Å²) in [6, 6.07) is 20.0. The maximum Gasteiger partial charge on any atom is 0.297 e. The third kappa shape index (κ3) is 4.19. The van der Waals surface area contributed by atoms with E-state index in [0.29, 0.717) is 40.6 Å². The number of fused-ring (bicyclic) bond motifs is 2. The van der Waals surface area contributed by atoms with Gasteiger partial charge in [0.1, 0.15) is 5.52 Å². The van der Waals surface area contributed by atoms with Crippen molar-refractivity contribution in [3.63, 3.8) is 0 Å². The number of anilines is 1. The lowest BCUT2D eigenvalue weighted by Gasteiger charge is -2.39. The van der Waals surface area contributed by atoms with E-state index in [0.717, 1.165) is 16.7 Å². The van der Waals surface area contributed by atoms with Gasteiger partial charge in [-0.1, -0.05) is 48.0 Å². The molecule has 0 saturated heterocycles. The standard InChI is InChI=1S/C30H26ClN5O4/c1-34(2)28(38)18-12-13-19-17(16-18)14-15-36(25(19)20-8-4-5-9-21(20)31)30-33-24(26(37)29(39)35(30)3)27-32-22-10-6-7-11-23(22)40-27/h4-13,16,25,37H,14-15H2,1-3H3. The molecule has 40 heavy (non-hydrogen) atoms. The van der Waals surface area contributed by atoms with Crippen molar-refractivity contribution in [3.8, 4) is 17.3 Å². The van der Waals surface area contributed by atoms with Gasteiger partial charge in [-0.25, -0.2) is 9.97 Å². The number of aromatic nitrogens is 3. The summed E-state index contributed by atoms with van der Waals surface area (Å²) in [6.07, 6.45) is 0.597. The fraction of sp³-hybridized carbons (Fsp3) is 0.200. The Kier molecular flexibility index (Phi) is 6.31. The molecule has 0 bridgehead atoms. The number of hydrogen-bond donors (Lipinski definition) is 1. The Bertz CT molecular complexity index is 1810. The second-order valence-corrected chi connectivity index (χ2v) is 10.3. The van der Waals surface area contributed by atoms with Crippen molar-refractivity contribution in [1.82, 2.24) is 19.4 Å². The van der Waals surface area contributed by atoms with E-state index in [4.69, 9.17) is 21.0 Å². The van der Waals surface area contributed by atoms with E-state index in [1.165, 1.54) is 4.57 Å². The van der Waals surface area contributed by atoms with Crippen molar-refractivity contribution < 1.29 is 14.3 Å². The molecule has 1 aliphatic heterocycles. The summed E-state index contributed by atoms with van der Waals surface area (Å²) in [7, 11) is 5.02. The van der Waals surface area contributed by atoms with E-state index in [1.807, 2.05) is 59.5 Å². The summed E-state index contributed by atoms with van der Waals surface area (Å²) in [4.78, 5) is 38.7. The molecule has 3 aromatic carbocycles. The number of hydrogen-bond acceptors (Lipinski definition) is 7. The number of carbonyl (C=O) groups is 1. The number of nitrogens with zero attached hydrogens (tertiary/aromatic N) is 5. The van der Waals surface area contributed by atoms with Crippen molar-refractivity contribution in [3.05, 3.63) is 104 Å². The zero-order chi connectivity index (χ0) is 28.1. The Morgan fingerprint density at radius 3 is 2.55 bits per heavy atom. The van der Waals surface area contributed by atoms with Crippen molar-refractivity contribution in [2.24, 2.45) is 7.05 Å². The molecule has 5 aromatic rings. The highest BCUT2D eigenvalue weighted by Gasteiger charge is 2.34. The summed E-state index contributed by atoms with van der Waals surface area (Å²) in [5, 5.41) is 11.4. The lowest BCUT2D eigenvalue weighted by molar-refractivity contribution is 0.0827. The summed E-state index contributed by atoms with van der Waals surface area (Å²) in [6.45, 7) is 0.473. The first-order valence-corrected chi connectivity index (χ1v) is 13.1. The lowest BCUT2D eigenvalue weighted by Crippen LogP contribution is -2.40. The van der Waals surface area contributed by atoms with Gasteiger partial charge >= 0.3 is 0 Å². The number of amides is 1. The number of halogens is 1. The van der Waals surface area contributed by atoms with Crippen LogP contribution in [0, 0.1) is 0 Å². The Hall–Kier alpha value is -4.63. The van der Waals surface area contributed by atoms with Crippen LogP contribution in [0.2, 0.25) is 5.02 Å². The van der Waals surface area contributed by atoms with E-state index in [2.05, 4.69) is 4.98 Å². The Balaban J connectivity index is 1.54. The van der Waals surface area contributed by atoms with E-state index >= 15 is 0 Å². The van der Waals surface area contributed by atoms with Crippen LogP contribution >= 0.6 is 11.6 Å². The van der Waals surface area contributed by atoms with Crippen LogP contribution in [-0.2, 0) is 13.5 Å². The zero-order valence-corrected chi connectivity index (χ0v) is 22.9. The largest absolute Gasteiger partial charge is 0.501 e. The molecule has 202 valence electrons. The van der Waals surface area contributed by atoms with Gasteiger partial charge in [0.05, 0.1) is 6.04 Å². The van der Waals surface area contributed by atoms with E-state index in [9.17, 15) is 14.7 Å². The fourth-order valence-electron chi connectivity index (χ4n) is 5.22. The van der Waals surface area contributed by atoms with Crippen molar-refractivity contribution in [2.75, 3.05) is 25.5 Å². The molecule has 0 spiro atoms. The minimum absolute atomic E-state index is 0.0371. The highest BCUT2D eigenvalue weighted by Crippen LogP contribution is 2.41. The lowest BCUT2D eigenvalue weighted by atomic mass is 9.87. The van der Waals surface area contributed by atoms with Crippen molar-refractivity contribution in [2.45, 2.75) is 12.5 Å². The highest BCUT2D eigenvalue weighted by atomic mass is 35.5.